The molecule has 0 saturated heterocycles. The molecule has 5 aliphatic rings. The van der Waals surface area contributed by atoms with Gasteiger partial charge in [-0.25, -0.2) is 4.79 Å². The first-order chi connectivity index (χ1) is 16.1. The van der Waals surface area contributed by atoms with Crippen LogP contribution in [0.25, 0.3) is 0 Å². The molecule has 0 spiro atoms. The lowest BCUT2D eigenvalue weighted by Gasteiger charge is -2.65. The molecular weight excluding hydrogens is 434 g/mol. The average molecular weight is 476 g/mol. The number of hydrogen-bond donors (Lipinski definition) is 4. The van der Waals surface area contributed by atoms with Gasteiger partial charge in [0.05, 0.1) is 30.0 Å². The highest BCUT2D eigenvalue weighted by atomic mass is 16.5. The number of carbonyl (C=O) groups excluding carboxylic acids is 1. The van der Waals surface area contributed by atoms with Crippen molar-refractivity contribution in [1.29, 1.82) is 0 Å². The molecular formula is C27H41NO6. The quantitative estimate of drug-likeness (QED) is 0.358. The number of esters is 1. The maximum Gasteiger partial charge on any atom is 0.331 e. The van der Waals surface area contributed by atoms with Crippen LogP contribution in [-0.4, -0.2) is 69.2 Å². The number of nitrogens with zero attached hydrogens (tertiary/aromatic N) is 1. The second kappa shape index (κ2) is 8.39. The Morgan fingerprint density at radius 2 is 1.91 bits per heavy atom. The van der Waals surface area contributed by atoms with E-state index in [1.807, 2.05) is 13.1 Å². The molecule has 0 bridgehead atoms. The predicted molar refractivity (Wildman–Crippen MR) is 127 cm³/mol. The largest absolute Gasteiger partial charge is 0.458 e. The highest BCUT2D eigenvalue weighted by Crippen LogP contribution is 2.70. The molecule has 0 amide bonds. The monoisotopic (exact) mass is 475 g/mol. The van der Waals surface area contributed by atoms with E-state index in [1.54, 1.807) is 6.08 Å². The van der Waals surface area contributed by atoms with Crippen LogP contribution in [0.1, 0.15) is 78.1 Å². The van der Waals surface area contributed by atoms with Crippen molar-refractivity contribution in [3.8, 4) is 0 Å². The van der Waals surface area contributed by atoms with Crippen LogP contribution in [0.2, 0.25) is 0 Å². The fraction of sp³-hybridized carbons (Fsp3) is 0.852. The van der Waals surface area contributed by atoms with Crippen LogP contribution >= 0.6 is 0 Å². The number of aliphatic imine (C=N–C) groups is 1. The lowest BCUT2D eigenvalue weighted by atomic mass is 9.41. The van der Waals surface area contributed by atoms with Crippen LogP contribution < -0.4 is 0 Å². The van der Waals surface area contributed by atoms with Crippen molar-refractivity contribution in [2.75, 3.05) is 13.2 Å². The molecule has 7 nitrogen and oxygen atoms in total. The Kier molecular flexibility index (Phi) is 6.03. The zero-order valence-corrected chi connectivity index (χ0v) is 20.6. The Hall–Kier alpha value is -1.28. The Morgan fingerprint density at radius 1 is 1.15 bits per heavy atom. The van der Waals surface area contributed by atoms with Crippen LogP contribution in [0.4, 0.5) is 0 Å². The number of aliphatic hydroxyl groups excluding tert-OH is 2. The van der Waals surface area contributed by atoms with E-state index in [2.05, 4.69) is 6.92 Å². The molecule has 4 aliphatic carbocycles. The van der Waals surface area contributed by atoms with E-state index in [1.165, 1.54) is 0 Å². The minimum absolute atomic E-state index is 0.0195. The number of cyclic esters (lactones) is 1. The van der Waals surface area contributed by atoms with Gasteiger partial charge in [0.1, 0.15) is 6.61 Å². The van der Waals surface area contributed by atoms with Gasteiger partial charge in [-0.3, -0.25) is 4.99 Å². The van der Waals surface area contributed by atoms with E-state index in [0.717, 1.165) is 31.3 Å². The van der Waals surface area contributed by atoms with Gasteiger partial charge in [-0.15, -0.1) is 0 Å². The molecule has 0 radical (unpaired) electrons. The summed E-state index contributed by atoms with van der Waals surface area (Å²) in [5.41, 5.74) is -1.88. The van der Waals surface area contributed by atoms with E-state index in [0.29, 0.717) is 45.1 Å². The van der Waals surface area contributed by atoms with Crippen molar-refractivity contribution in [2.45, 2.75) is 101 Å². The molecule has 34 heavy (non-hydrogen) atoms. The lowest BCUT2D eigenvalue weighted by Crippen LogP contribution is -2.68. The van der Waals surface area contributed by atoms with Crippen molar-refractivity contribution in [2.24, 2.45) is 33.6 Å². The Morgan fingerprint density at radius 3 is 2.59 bits per heavy atom. The summed E-state index contributed by atoms with van der Waals surface area (Å²) in [7, 11) is 0. The second-order valence-electron chi connectivity index (χ2n) is 12.0. The molecule has 4 saturated carbocycles. The molecule has 4 fully saturated rings. The smallest absolute Gasteiger partial charge is 0.331 e. The highest BCUT2D eigenvalue weighted by Gasteiger charge is 2.71. The van der Waals surface area contributed by atoms with Crippen molar-refractivity contribution < 1.29 is 30.0 Å². The first-order valence-corrected chi connectivity index (χ1v) is 13.3. The van der Waals surface area contributed by atoms with Gasteiger partial charge in [0.2, 0.25) is 0 Å². The summed E-state index contributed by atoms with van der Waals surface area (Å²) in [6, 6.07) is -0.203. The fourth-order valence-corrected chi connectivity index (χ4v) is 8.88. The van der Waals surface area contributed by atoms with Gasteiger partial charge in [0.15, 0.2) is 0 Å². The lowest BCUT2D eigenvalue weighted by molar-refractivity contribution is -0.237. The minimum atomic E-state index is -1.06. The minimum Gasteiger partial charge on any atom is -0.458 e. The van der Waals surface area contributed by atoms with Gasteiger partial charge >= 0.3 is 5.97 Å². The third-order valence-corrected chi connectivity index (χ3v) is 10.8. The van der Waals surface area contributed by atoms with Gasteiger partial charge in [0, 0.05) is 29.5 Å². The third-order valence-electron chi connectivity index (χ3n) is 10.8. The van der Waals surface area contributed by atoms with Gasteiger partial charge in [-0.05, 0) is 81.1 Å². The standard InChI is InChI=1S/C27H41NO6/c1-3-18(14-29)28-16-25-9-4-19(30)13-26(25,32)10-6-22-21(25)5-8-24(2)20(7-11-27(22,24)33)17-12-23(31)34-15-17/h12,16,18-22,29-30,32-33H,3-11,13-15H2,1-2H3/t18-,19+,20-,21+,22-,24-,25+,26+,27+/m1/s1. The molecule has 7 heteroatoms. The van der Waals surface area contributed by atoms with Crippen molar-refractivity contribution >= 4 is 12.2 Å². The SMILES string of the molecule is CC[C@H](CO)N=C[C@]12CC[C@H](O)C[C@@]1(O)CC[C@@H]1[C@@H]2CC[C@]2(C)[C@@H](C3=CC(=O)OC3)CC[C@]12O. The zero-order chi connectivity index (χ0) is 24.4. The molecule has 9 atom stereocenters. The molecule has 1 heterocycles. The topological polar surface area (TPSA) is 120 Å². The van der Waals surface area contributed by atoms with Crippen LogP contribution in [-0.2, 0) is 9.53 Å². The first kappa shape index (κ1) is 24.4. The maximum atomic E-state index is 12.4. The summed E-state index contributed by atoms with van der Waals surface area (Å²) in [5.74, 6) is -0.0740. The zero-order valence-electron chi connectivity index (χ0n) is 20.6. The number of carbonyl (C=O) groups is 1. The normalized spacial score (nSPS) is 49.2. The van der Waals surface area contributed by atoms with Crippen LogP contribution in [0.3, 0.4) is 0 Å². The molecule has 0 unspecified atom stereocenters. The van der Waals surface area contributed by atoms with E-state index in [9.17, 15) is 25.2 Å². The van der Waals surface area contributed by atoms with Gasteiger partial charge in [-0.1, -0.05) is 13.8 Å². The molecule has 0 aromatic rings. The summed E-state index contributed by atoms with van der Waals surface area (Å²) in [6.07, 6.45) is 9.79. The Labute approximate surface area is 202 Å². The van der Waals surface area contributed by atoms with Crippen molar-refractivity contribution in [1.82, 2.24) is 0 Å². The fourth-order valence-electron chi connectivity index (χ4n) is 8.88. The summed E-state index contributed by atoms with van der Waals surface area (Å²) in [6.45, 7) is 4.49. The van der Waals surface area contributed by atoms with Crippen LogP contribution in [0.5, 0.6) is 0 Å². The number of aliphatic hydroxyl groups is 4. The summed E-state index contributed by atoms with van der Waals surface area (Å²) < 4.78 is 5.22. The molecule has 4 N–H and O–H groups in total. The molecule has 1 aliphatic heterocycles. The Balaban J connectivity index is 1.53. The third kappa shape index (κ3) is 3.30. The highest BCUT2D eigenvalue weighted by molar-refractivity contribution is 5.85. The number of ether oxygens (including phenoxy) is 1. The molecule has 0 aromatic carbocycles. The van der Waals surface area contributed by atoms with Crippen molar-refractivity contribution in [3.05, 3.63) is 11.6 Å². The second-order valence-corrected chi connectivity index (χ2v) is 12.0. The molecule has 0 aromatic heterocycles. The average Bonchev–Trinajstić information content (AvgIpc) is 3.34. The maximum absolute atomic E-state index is 12.4. The van der Waals surface area contributed by atoms with E-state index >= 15 is 0 Å². The molecule has 190 valence electrons. The molecule has 5 rings (SSSR count). The number of hydrogen-bond acceptors (Lipinski definition) is 7. The van der Waals surface area contributed by atoms with Crippen LogP contribution in [0, 0.1) is 28.6 Å². The summed E-state index contributed by atoms with van der Waals surface area (Å²) in [5, 5.41) is 44.6. The Bertz CT molecular complexity index is 884. The van der Waals surface area contributed by atoms with Gasteiger partial charge in [-0.2, -0.15) is 0 Å². The number of rotatable bonds is 5. The van der Waals surface area contributed by atoms with E-state index < -0.39 is 22.7 Å². The summed E-state index contributed by atoms with van der Waals surface area (Å²) in [4.78, 5) is 16.5. The summed E-state index contributed by atoms with van der Waals surface area (Å²) >= 11 is 0. The van der Waals surface area contributed by atoms with Crippen molar-refractivity contribution in [3.63, 3.8) is 0 Å². The number of fused-ring (bicyclic) bond motifs is 5. The van der Waals surface area contributed by atoms with E-state index in [-0.39, 0.29) is 41.8 Å². The van der Waals surface area contributed by atoms with Gasteiger partial charge in [0.25, 0.3) is 0 Å². The first-order valence-electron chi connectivity index (χ1n) is 13.3. The van der Waals surface area contributed by atoms with E-state index in [4.69, 9.17) is 9.73 Å². The van der Waals surface area contributed by atoms with Crippen LogP contribution in [0.15, 0.2) is 16.6 Å². The van der Waals surface area contributed by atoms with Gasteiger partial charge < -0.3 is 25.2 Å². The predicted octanol–water partition coefficient (Wildman–Crippen LogP) is 2.54.